The zero-order valence-electron chi connectivity index (χ0n) is 10.7. The van der Waals surface area contributed by atoms with Gasteiger partial charge in [0.15, 0.2) is 0 Å². The van der Waals surface area contributed by atoms with Gasteiger partial charge < -0.3 is 5.32 Å². The summed E-state index contributed by atoms with van der Waals surface area (Å²) < 4.78 is 13.2. The normalized spacial score (nSPS) is 10.3. The number of nitro benzene ring substituents is 1. The van der Waals surface area contributed by atoms with Crippen molar-refractivity contribution < 1.29 is 9.31 Å². The topological polar surface area (TPSA) is 55.2 Å². The minimum atomic E-state index is -0.539. The summed E-state index contributed by atoms with van der Waals surface area (Å²) in [4.78, 5) is 10.1. The molecule has 0 radical (unpaired) electrons. The van der Waals surface area contributed by atoms with Crippen molar-refractivity contribution in [2.75, 3.05) is 5.32 Å². The molecule has 0 saturated carbocycles. The van der Waals surface area contributed by atoms with Gasteiger partial charge in [-0.15, -0.1) is 0 Å². The first-order valence-electron chi connectivity index (χ1n) is 5.90. The van der Waals surface area contributed by atoms with E-state index in [0.717, 1.165) is 11.1 Å². The van der Waals surface area contributed by atoms with Crippen LogP contribution in [0.3, 0.4) is 0 Å². The van der Waals surface area contributed by atoms with Gasteiger partial charge in [0.05, 0.1) is 4.92 Å². The van der Waals surface area contributed by atoms with E-state index in [9.17, 15) is 14.5 Å². The minimum absolute atomic E-state index is 0.0657. The minimum Gasteiger partial charge on any atom is -0.381 e. The Morgan fingerprint density at radius 3 is 2.70 bits per heavy atom. The van der Waals surface area contributed by atoms with Crippen LogP contribution in [-0.4, -0.2) is 4.92 Å². The van der Waals surface area contributed by atoms with Crippen molar-refractivity contribution in [3.8, 4) is 0 Å². The van der Waals surface area contributed by atoms with Crippen LogP contribution in [-0.2, 0) is 6.54 Å². The quantitative estimate of drug-likeness (QED) is 0.675. The number of hydrogen-bond acceptors (Lipinski definition) is 3. The summed E-state index contributed by atoms with van der Waals surface area (Å²) in [5, 5.41) is 13.8. The first kappa shape index (κ1) is 14.3. The predicted molar refractivity (Wildman–Crippen MR) is 76.6 cm³/mol. The fraction of sp³-hybridized carbons (Fsp3) is 0.143. The summed E-state index contributed by atoms with van der Waals surface area (Å²) in [7, 11) is 0. The zero-order valence-corrected chi connectivity index (χ0v) is 11.4. The van der Waals surface area contributed by atoms with Gasteiger partial charge in [0.1, 0.15) is 10.8 Å². The van der Waals surface area contributed by atoms with Crippen LogP contribution in [0, 0.1) is 22.9 Å². The van der Waals surface area contributed by atoms with Crippen LogP contribution in [0.15, 0.2) is 36.4 Å². The van der Waals surface area contributed by atoms with E-state index in [1.54, 1.807) is 12.1 Å². The van der Waals surface area contributed by atoms with Gasteiger partial charge in [-0.3, -0.25) is 10.1 Å². The van der Waals surface area contributed by atoms with Crippen LogP contribution >= 0.6 is 11.6 Å². The van der Waals surface area contributed by atoms with E-state index >= 15 is 0 Å². The van der Waals surface area contributed by atoms with Crippen molar-refractivity contribution in [3.63, 3.8) is 0 Å². The van der Waals surface area contributed by atoms with Gasteiger partial charge in [-0.25, -0.2) is 4.39 Å². The number of hydrogen-bond donors (Lipinski definition) is 1. The Bertz CT molecular complexity index is 662. The summed E-state index contributed by atoms with van der Waals surface area (Å²) in [6, 6.07) is 8.95. The molecule has 2 rings (SSSR count). The number of halogens is 2. The first-order chi connectivity index (χ1) is 9.47. The highest BCUT2D eigenvalue weighted by Crippen LogP contribution is 2.27. The highest BCUT2D eigenvalue weighted by Gasteiger charge is 2.12. The van der Waals surface area contributed by atoms with E-state index in [1.807, 2.05) is 6.92 Å². The van der Waals surface area contributed by atoms with Crippen LogP contribution in [0.4, 0.5) is 15.8 Å². The number of aryl methyl sites for hydroxylation is 1. The summed E-state index contributed by atoms with van der Waals surface area (Å²) in [6.45, 7) is 2.30. The number of nitrogens with zero attached hydrogens (tertiary/aromatic N) is 1. The van der Waals surface area contributed by atoms with Crippen LogP contribution in [0.25, 0.3) is 0 Å². The summed E-state index contributed by atoms with van der Waals surface area (Å²) in [5.41, 5.74) is 2.29. The van der Waals surface area contributed by atoms with Crippen molar-refractivity contribution in [1.82, 2.24) is 0 Å². The summed E-state index contributed by atoms with van der Waals surface area (Å²) in [5.74, 6) is -0.297. The van der Waals surface area contributed by atoms with Crippen molar-refractivity contribution in [2.45, 2.75) is 13.5 Å². The molecule has 0 bridgehead atoms. The Morgan fingerprint density at radius 1 is 1.30 bits per heavy atom. The molecule has 6 heteroatoms. The lowest BCUT2D eigenvalue weighted by molar-refractivity contribution is -0.384. The van der Waals surface area contributed by atoms with Crippen LogP contribution in [0.2, 0.25) is 5.02 Å². The first-order valence-corrected chi connectivity index (χ1v) is 6.28. The highest BCUT2D eigenvalue weighted by atomic mass is 35.5. The smallest absolute Gasteiger partial charge is 0.288 e. The molecule has 4 nitrogen and oxygen atoms in total. The van der Waals surface area contributed by atoms with Crippen molar-refractivity contribution in [3.05, 3.63) is 68.5 Å². The van der Waals surface area contributed by atoms with Gasteiger partial charge in [-0.1, -0.05) is 17.7 Å². The van der Waals surface area contributed by atoms with E-state index < -0.39 is 4.92 Å². The molecule has 20 heavy (non-hydrogen) atoms. The molecule has 0 aromatic heterocycles. The third kappa shape index (κ3) is 3.24. The number of rotatable bonds is 4. The van der Waals surface area contributed by atoms with E-state index in [-0.39, 0.29) is 16.5 Å². The van der Waals surface area contributed by atoms with E-state index in [4.69, 9.17) is 11.6 Å². The Labute approximate surface area is 120 Å². The maximum Gasteiger partial charge on any atom is 0.288 e. The Morgan fingerprint density at radius 2 is 2.05 bits per heavy atom. The van der Waals surface area contributed by atoms with E-state index in [2.05, 4.69) is 5.32 Å². The summed E-state index contributed by atoms with van der Waals surface area (Å²) >= 11 is 5.82. The molecule has 2 aromatic rings. The largest absolute Gasteiger partial charge is 0.381 e. The molecule has 0 amide bonds. The number of nitrogens with one attached hydrogen (secondary N) is 1. The number of nitro groups is 1. The van der Waals surface area contributed by atoms with Crippen LogP contribution in [0.1, 0.15) is 11.1 Å². The molecule has 0 fully saturated rings. The standard InChI is InChI=1S/C14H12ClFN2O2/c1-9-2-3-11(16)6-10(9)8-17-12-4-5-14(18(19)20)13(15)7-12/h2-7,17H,8H2,1H3. The zero-order chi connectivity index (χ0) is 14.7. The Balaban J connectivity index is 2.13. The molecule has 2 aromatic carbocycles. The third-order valence-corrected chi connectivity index (χ3v) is 3.24. The van der Waals surface area contributed by atoms with Crippen LogP contribution in [0.5, 0.6) is 0 Å². The lowest BCUT2D eigenvalue weighted by Gasteiger charge is -2.09. The van der Waals surface area contributed by atoms with Gasteiger partial charge in [0.2, 0.25) is 0 Å². The molecule has 104 valence electrons. The third-order valence-electron chi connectivity index (χ3n) is 2.94. The van der Waals surface area contributed by atoms with Crippen molar-refractivity contribution in [2.24, 2.45) is 0 Å². The molecule has 0 atom stereocenters. The van der Waals surface area contributed by atoms with Gasteiger partial charge in [0.25, 0.3) is 5.69 Å². The van der Waals surface area contributed by atoms with Gasteiger partial charge in [0, 0.05) is 18.3 Å². The van der Waals surface area contributed by atoms with Gasteiger partial charge in [-0.2, -0.15) is 0 Å². The molecule has 0 aliphatic carbocycles. The Hall–Kier alpha value is -2.14. The molecule has 0 spiro atoms. The lowest BCUT2D eigenvalue weighted by Crippen LogP contribution is -2.02. The molecule has 1 N–H and O–H groups in total. The second-order valence-corrected chi connectivity index (χ2v) is 4.75. The van der Waals surface area contributed by atoms with E-state index in [0.29, 0.717) is 12.2 Å². The number of benzene rings is 2. The summed E-state index contributed by atoms with van der Waals surface area (Å²) in [6.07, 6.45) is 0. The molecule has 0 unspecified atom stereocenters. The van der Waals surface area contributed by atoms with Crippen LogP contribution < -0.4 is 5.32 Å². The SMILES string of the molecule is Cc1ccc(F)cc1CNc1ccc([N+](=O)[O-])c(Cl)c1. The maximum absolute atomic E-state index is 13.2. The molecule has 0 aliphatic rings. The molecule has 0 heterocycles. The molecular formula is C14H12ClFN2O2. The molecule has 0 saturated heterocycles. The predicted octanol–water partition coefficient (Wildman–Crippen LogP) is 4.31. The van der Waals surface area contributed by atoms with Crippen molar-refractivity contribution >= 4 is 23.0 Å². The van der Waals surface area contributed by atoms with E-state index in [1.165, 1.54) is 24.3 Å². The average molecular weight is 295 g/mol. The second kappa shape index (κ2) is 5.88. The number of anilines is 1. The average Bonchev–Trinajstić information content (AvgIpc) is 2.39. The fourth-order valence-electron chi connectivity index (χ4n) is 1.79. The monoisotopic (exact) mass is 294 g/mol. The highest BCUT2D eigenvalue weighted by molar-refractivity contribution is 6.32. The van der Waals surface area contributed by atoms with Gasteiger partial charge in [-0.05, 0) is 42.3 Å². The van der Waals surface area contributed by atoms with Crippen molar-refractivity contribution in [1.29, 1.82) is 0 Å². The fourth-order valence-corrected chi connectivity index (χ4v) is 2.04. The maximum atomic E-state index is 13.2. The molecular weight excluding hydrogens is 283 g/mol. The molecule has 0 aliphatic heterocycles. The van der Waals surface area contributed by atoms with Gasteiger partial charge >= 0.3 is 0 Å². The second-order valence-electron chi connectivity index (χ2n) is 4.35. The lowest BCUT2D eigenvalue weighted by atomic mass is 10.1. The Kier molecular flexibility index (Phi) is 4.20.